The van der Waals surface area contributed by atoms with E-state index in [0.717, 1.165) is 36.5 Å². The van der Waals surface area contributed by atoms with Crippen LogP contribution >= 0.6 is 11.3 Å². The molecule has 2 fully saturated rings. The number of nitrogens with one attached hydrogen (secondary N) is 2. The zero-order valence-electron chi connectivity index (χ0n) is 15.0. The molecule has 8 heteroatoms. The van der Waals surface area contributed by atoms with E-state index in [1.807, 2.05) is 17.9 Å². The highest BCUT2D eigenvalue weighted by Gasteiger charge is 2.29. The molecule has 2 N–H and O–H groups in total. The van der Waals surface area contributed by atoms with Crippen molar-refractivity contribution < 1.29 is 4.79 Å². The number of likely N-dealkylation sites (tertiary alicyclic amines) is 1. The van der Waals surface area contributed by atoms with Gasteiger partial charge in [-0.05, 0) is 51.3 Å². The lowest BCUT2D eigenvalue weighted by Gasteiger charge is -2.31. The standard InChI is InChI=1S/C18H25N5O2S/c1-2-23-16(20-21-18(23)25)12-7-10-22(11-8-12)17(24)15-6-5-14(26-15)13-4-3-9-19-13/h5-6,12-13,19H,2-4,7-11H2,1H3,(H,21,25). The highest BCUT2D eigenvalue weighted by molar-refractivity contribution is 7.14. The number of hydrogen-bond acceptors (Lipinski definition) is 5. The molecule has 26 heavy (non-hydrogen) atoms. The summed E-state index contributed by atoms with van der Waals surface area (Å²) in [6, 6.07) is 4.48. The number of aromatic amines is 1. The average molecular weight is 375 g/mol. The Kier molecular flexibility index (Phi) is 4.95. The molecule has 2 saturated heterocycles. The van der Waals surface area contributed by atoms with E-state index in [4.69, 9.17) is 0 Å². The fourth-order valence-electron chi connectivity index (χ4n) is 4.03. The van der Waals surface area contributed by atoms with Crippen molar-refractivity contribution in [3.8, 4) is 0 Å². The van der Waals surface area contributed by atoms with Gasteiger partial charge in [-0.25, -0.2) is 9.89 Å². The maximum Gasteiger partial charge on any atom is 0.343 e. The zero-order chi connectivity index (χ0) is 18.1. The minimum absolute atomic E-state index is 0.132. The Hall–Kier alpha value is -1.93. The number of carbonyl (C=O) groups is 1. The first kappa shape index (κ1) is 17.5. The Balaban J connectivity index is 1.40. The number of nitrogens with zero attached hydrogens (tertiary/aromatic N) is 3. The number of amides is 1. The third-order valence-electron chi connectivity index (χ3n) is 5.49. The van der Waals surface area contributed by atoms with Crippen molar-refractivity contribution in [3.05, 3.63) is 38.2 Å². The predicted octanol–water partition coefficient (Wildman–Crippen LogP) is 2.10. The van der Waals surface area contributed by atoms with Gasteiger partial charge >= 0.3 is 5.69 Å². The van der Waals surface area contributed by atoms with Crippen molar-refractivity contribution in [1.82, 2.24) is 25.0 Å². The van der Waals surface area contributed by atoms with Crippen LogP contribution in [0.4, 0.5) is 0 Å². The van der Waals surface area contributed by atoms with Gasteiger partial charge in [-0.2, -0.15) is 5.10 Å². The van der Waals surface area contributed by atoms with Gasteiger partial charge in [0.05, 0.1) is 4.88 Å². The number of hydrogen-bond donors (Lipinski definition) is 2. The molecule has 2 aromatic heterocycles. The van der Waals surface area contributed by atoms with Crippen molar-refractivity contribution in [2.24, 2.45) is 0 Å². The summed E-state index contributed by atoms with van der Waals surface area (Å²) in [5.74, 6) is 1.20. The normalized spacial score (nSPS) is 21.4. The van der Waals surface area contributed by atoms with E-state index in [-0.39, 0.29) is 17.5 Å². The summed E-state index contributed by atoms with van der Waals surface area (Å²) in [7, 11) is 0. The maximum absolute atomic E-state index is 12.8. The van der Waals surface area contributed by atoms with Crippen LogP contribution in [0.15, 0.2) is 16.9 Å². The molecule has 2 aliphatic rings. The summed E-state index contributed by atoms with van der Waals surface area (Å²) in [6.07, 6.45) is 4.05. The maximum atomic E-state index is 12.8. The van der Waals surface area contributed by atoms with Gasteiger partial charge in [0.2, 0.25) is 0 Å². The van der Waals surface area contributed by atoms with Crippen LogP contribution in [0, 0.1) is 0 Å². The fourth-order valence-corrected chi connectivity index (χ4v) is 5.11. The van der Waals surface area contributed by atoms with Crippen molar-refractivity contribution in [2.45, 2.75) is 51.1 Å². The third kappa shape index (κ3) is 3.23. The molecule has 1 atom stereocenters. The minimum atomic E-state index is -0.146. The molecule has 4 heterocycles. The van der Waals surface area contributed by atoms with Crippen LogP contribution in [0.2, 0.25) is 0 Å². The SMILES string of the molecule is CCn1c(C2CCN(C(=O)c3ccc(C4CCCN4)s3)CC2)n[nH]c1=O. The predicted molar refractivity (Wildman–Crippen MR) is 101 cm³/mol. The molecule has 0 bridgehead atoms. The van der Waals surface area contributed by atoms with E-state index in [0.29, 0.717) is 25.7 Å². The number of carbonyl (C=O) groups excluding carboxylic acids is 1. The van der Waals surface area contributed by atoms with Crippen molar-refractivity contribution in [2.75, 3.05) is 19.6 Å². The van der Waals surface area contributed by atoms with Gasteiger partial charge in [0.1, 0.15) is 5.82 Å². The molecule has 1 amide bonds. The van der Waals surface area contributed by atoms with E-state index < -0.39 is 0 Å². The third-order valence-corrected chi connectivity index (χ3v) is 6.68. The monoisotopic (exact) mass is 375 g/mol. The van der Waals surface area contributed by atoms with Crippen LogP contribution in [0.5, 0.6) is 0 Å². The molecule has 4 rings (SSSR count). The molecule has 140 valence electrons. The fraction of sp³-hybridized carbons (Fsp3) is 0.611. The molecular weight excluding hydrogens is 350 g/mol. The Morgan fingerprint density at radius 3 is 2.81 bits per heavy atom. The number of thiophene rings is 1. The second-order valence-electron chi connectivity index (χ2n) is 7.05. The van der Waals surface area contributed by atoms with E-state index in [1.165, 1.54) is 11.3 Å². The highest BCUT2D eigenvalue weighted by atomic mass is 32.1. The highest BCUT2D eigenvalue weighted by Crippen LogP contribution is 2.31. The Bertz CT molecular complexity index is 825. The van der Waals surface area contributed by atoms with Gasteiger partial charge in [0.15, 0.2) is 0 Å². The first-order valence-electron chi connectivity index (χ1n) is 9.45. The van der Waals surface area contributed by atoms with Crippen LogP contribution in [-0.4, -0.2) is 45.2 Å². The molecule has 1 unspecified atom stereocenters. The Labute approximate surface area is 156 Å². The topological polar surface area (TPSA) is 83.0 Å². The summed E-state index contributed by atoms with van der Waals surface area (Å²) in [6.45, 7) is 5.06. The van der Waals surface area contributed by atoms with Crippen LogP contribution in [0.25, 0.3) is 0 Å². The molecule has 0 saturated carbocycles. The summed E-state index contributed by atoms with van der Waals surface area (Å²) in [5, 5.41) is 10.2. The van der Waals surface area contributed by atoms with Gasteiger partial charge < -0.3 is 10.2 Å². The molecule has 0 aromatic carbocycles. The average Bonchev–Trinajstić information content (AvgIpc) is 3.41. The van der Waals surface area contributed by atoms with Crippen LogP contribution in [-0.2, 0) is 6.54 Å². The van der Waals surface area contributed by atoms with Gasteiger partial charge in [-0.15, -0.1) is 11.3 Å². The van der Waals surface area contributed by atoms with Crippen LogP contribution < -0.4 is 11.0 Å². The van der Waals surface area contributed by atoms with Gasteiger partial charge in [-0.3, -0.25) is 9.36 Å². The van der Waals surface area contributed by atoms with Crippen LogP contribution in [0.1, 0.15) is 64.9 Å². The molecule has 0 spiro atoms. The van der Waals surface area contributed by atoms with Crippen LogP contribution in [0.3, 0.4) is 0 Å². The molecule has 0 radical (unpaired) electrons. The molecule has 2 aliphatic heterocycles. The van der Waals surface area contributed by atoms with E-state index in [1.54, 1.807) is 15.9 Å². The second kappa shape index (κ2) is 7.36. The largest absolute Gasteiger partial charge is 0.343 e. The van der Waals surface area contributed by atoms with Gasteiger partial charge in [0.25, 0.3) is 5.91 Å². The van der Waals surface area contributed by atoms with Crippen molar-refractivity contribution in [1.29, 1.82) is 0 Å². The zero-order valence-corrected chi connectivity index (χ0v) is 15.8. The Morgan fingerprint density at radius 1 is 1.31 bits per heavy atom. The first-order valence-corrected chi connectivity index (χ1v) is 10.3. The van der Waals surface area contributed by atoms with E-state index in [9.17, 15) is 9.59 Å². The summed E-state index contributed by atoms with van der Waals surface area (Å²) >= 11 is 1.62. The Morgan fingerprint density at radius 2 is 2.12 bits per heavy atom. The van der Waals surface area contributed by atoms with Gasteiger partial charge in [-0.1, -0.05) is 0 Å². The number of rotatable bonds is 4. The molecule has 0 aliphatic carbocycles. The number of piperidine rings is 1. The quantitative estimate of drug-likeness (QED) is 0.857. The number of H-pyrrole nitrogens is 1. The minimum Gasteiger partial charge on any atom is -0.338 e. The molecular formula is C18H25N5O2S. The lowest BCUT2D eigenvalue weighted by atomic mass is 9.95. The van der Waals surface area contributed by atoms with Crippen molar-refractivity contribution in [3.63, 3.8) is 0 Å². The lowest BCUT2D eigenvalue weighted by molar-refractivity contribution is 0.0715. The van der Waals surface area contributed by atoms with E-state index >= 15 is 0 Å². The first-order chi connectivity index (χ1) is 12.7. The summed E-state index contributed by atoms with van der Waals surface area (Å²) in [5.41, 5.74) is -0.146. The number of aromatic nitrogens is 3. The van der Waals surface area contributed by atoms with E-state index in [2.05, 4.69) is 21.6 Å². The smallest absolute Gasteiger partial charge is 0.338 e. The summed E-state index contributed by atoms with van der Waals surface area (Å²) in [4.78, 5) is 28.6. The summed E-state index contributed by atoms with van der Waals surface area (Å²) < 4.78 is 1.70. The second-order valence-corrected chi connectivity index (χ2v) is 8.16. The molecule has 7 nitrogen and oxygen atoms in total. The van der Waals surface area contributed by atoms with Gasteiger partial charge in [0, 0.05) is 36.5 Å². The lowest BCUT2D eigenvalue weighted by Crippen LogP contribution is -2.38. The molecule has 2 aromatic rings. The van der Waals surface area contributed by atoms with Crippen molar-refractivity contribution >= 4 is 17.2 Å².